The molecule has 0 unspecified atom stereocenters. The van der Waals surface area contributed by atoms with Crippen molar-refractivity contribution >= 4 is 23.5 Å². The molecular formula is C14H18ClN5O. The van der Waals surface area contributed by atoms with Gasteiger partial charge in [-0.15, -0.1) is 0 Å². The largest absolute Gasteiger partial charge is 0.424 e. The Labute approximate surface area is 129 Å². The molecule has 0 aliphatic rings. The van der Waals surface area contributed by atoms with Crippen LogP contribution in [0.25, 0.3) is 0 Å². The van der Waals surface area contributed by atoms with Gasteiger partial charge >= 0.3 is 6.01 Å². The van der Waals surface area contributed by atoms with Gasteiger partial charge in [-0.1, -0.05) is 11.6 Å². The highest BCUT2D eigenvalue weighted by Crippen LogP contribution is 2.25. The number of nitrogens with one attached hydrogen (secondary N) is 1. The van der Waals surface area contributed by atoms with Gasteiger partial charge in [-0.2, -0.15) is 15.0 Å². The van der Waals surface area contributed by atoms with Gasteiger partial charge in [0.1, 0.15) is 5.75 Å². The van der Waals surface area contributed by atoms with Crippen LogP contribution < -0.4 is 15.0 Å². The van der Waals surface area contributed by atoms with Gasteiger partial charge in [-0.25, -0.2) is 0 Å². The molecule has 1 heterocycles. The topological polar surface area (TPSA) is 63.2 Å². The Kier molecular flexibility index (Phi) is 4.80. The average molecular weight is 308 g/mol. The summed E-state index contributed by atoms with van der Waals surface area (Å²) in [7, 11) is 3.72. The SMILES string of the molecule is CCNc1nc(Oc2ccc(Cl)c(C)c2)nc(N(C)C)n1. The second-order valence-electron chi connectivity index (χ2n) is 4.68. The van der Waals surface area contributed by atoms with Gasteiger partial charge in [-0.05, 0) is 37.6 Å². The van der Waals surface area contributed by atoms with Crippen LogP contribution in [0.5, 0.6) is 11.8 Å². The average Bonchev–Trinajstić information content (AvgIpc) is 2.43. The summed E-state index contributed by atoms with van der Waals surface area (Å²) in [6.45, 7) is 4.61. The fourth-order valence-electron chi connectivity index (χ4n) is 1.61. The van der Waals surface area contributed by atoms with Crippen molar-refractivity contribution in [1.82, 2.24) is 15.0 Å². The molecule has 2 rings (SSSR count). The van der Waals surface area contributed by atoms with E-state index in [0.29, 0.717) is 22.7 Å². The number of hydrogen-bond donors (Lipinski definition) is 1. The molecule has 0 atom stereocenters. The van der Waals surface area contributed by atoms with Crippen molar-refractivity contribution in [2.75, 3.05) is 30.9 Å². The van der Waals surface area contributed by atoms with E-state index < -0.39 is 0 Å². The molecule has 1 N–H and O–H groups in total. The zero-order chi connectivity index (χ0) is 15.4. The smallest absolute Gasteiger partial charge is 0.328 e. The Balaban J connectivity index is 2.31. The number of aryl methyl sites for hydroxylation is 1. The van der Waals surface area contributed by atoms with Crippen LogP contribution in [0.1, 0.15) is 12.5 Å². The molecule has 7 heteroatoms. The molecule has 1 aromatic carbocycles. The van der Waals surface area contributed by atoms with Gasteiger partial charge in [0, 0.05) is 25.7 Å². The van der Waals surface area contributed by atoms with Gasteiger partial charge in [0.05, 0.1) is 0 Å². The molecule has 1 aromatic heterocycles. The molecule has 0 bridgehead atoms. The third-order valence-electron chi connectivity index (χ3n) is 2.68. The van der Waals surface area contributed by atoms with Crippen LogP contribution in [0.2, 0.25) is 5.02 Å². The lowest BCUT2D eigenvalue weighted by molar-refractivity contribution is 0.440. The van der Waals surface area contributed by atoms with Gasteiger partial charge < -0.3 is 15.0 Å². The van der Waals surface area contributed by atoms with Crippen LogP contribution in [-0.4, -0.2) is 35.6 Å². The summed E-state index contributed by atoms with van der Waals surface area (Å²) in [5.41, 5.74) is 0.933. The van der Waals surface area contributed by atoms with Gasteiger partial charge in [0.2, 0.25) is 11.9 Å². The molecule has 0 saturated carbocycles. The Hall–Kier alpha value is -2.08. The van der Waals surface area contributed by atoms with Crippen LogP contribution in [0.4, 0.5) is 11.9 Å². The Morgan fingerprint density at radius 1 is 1.24 bits per heavy atom. The van der Waals surface area contributed by atoms with Crippen LogP contribution in [-0.2, 0) is 0 Å². The van der Waals surface area contributed by atoms with E-state index in [-0.39, 0.29) is 6.01 Å². The summed E-state index contributed by atoms with van der Waals surface area (Å²) in [5.74, 6) is 1.65. The summed E-state index contributed by atoms with van der Waals surface area (Å²) in [6, 6.07) is 5.65. The highest BCUT2D eigenvalue weighted by molar-refractivity contribution is 6.31. The van der Waals surface area contributed by atoms with E-state index in [1.165, 1.54) is 0 Å². The van der Waals surface area contributed by atoms with Gasteiger partial charge in [0.25, 0.3) is 0 Å². The predicted octanol–water partition coefficient (Wildman–Crippen LogP) is 3.12. The third-order valence-corrected chi connectivity index (χ3v) is 3.10. The molecule has 0 aliphatic heterocycles. The fraction of sp³-hybridized carbons (Fsp3) is 0.357. The second kappa shape index (κ2) is 6.58. The van der Waals surface area contributed by atoms with E-state index in [1.807, 2.05) is 34.0 Å². The number of aromatic nitrogens is 3. The number of nitrogens with zero attached hydrogens (tertiary/aromatic N) is 4. The van der Waals surface area contributed by atoms with Crippen molar-refractivity contribution in [1.29, 1.82) is 0 Å². The van der Waals surface area contributed by atoms with Crippen molar-refractivity contribution in [2.24, 2.45) is 0 Å². The van der Waals surface area contributed by atoms with Gasteiger partial charge in [-0.3, -0.25) is 0 Å². The molecule has 0 aliphatic carbocycles. The summed E-state index contributed by atoms with van der Waals surface area (Å²) in [6.07, 6.45) is 0. The first kappa shape index (κ1) is 15.3. The zero-order valence-electron chi connectivity index (χ0n) is 12.5. The maximum atomic E-state index is 6.00. The molecule has 6 nitrogen and oxygen atoms in total. The first-order valence-corrected chi connectivity index (χ1v) is 6.98. The van der Waals surface area contributed by atoms with Crippen LogP contribution >= 0.6 is 11.6 Å². The monoisotopic (exact) mass is 307 g/mol. The lowest BCUT2D eigenvalue weighted by Gasteiger charge is -2.13. The molecule has 112 valence electrons. The lowest BCUT2D eigenvalue weighted by atomic mass is 10.2. The first-order chi connectivity index (χ1) is 9.99. The van der Waals surface area contributed by atoms with Crippen LogP contribution in [0, 0.1) is 6.92 Å². The van der Waals surface area contributed by atoms with Crippen molar-refractivity contribution in [3.8, 4) is 11.8 Å². The zero-order valence-corrected chi connectivity index (χ0v) is 13.3. The number of ether oxygens (including phenoxy) is 1. The maximum absolute atomic E-state index is 6.00. The summed E-state index contributed by atoms with van der Waals surface area (Å²) in [5, 5.41) is 3.75. The van der Waals surface area contributed by atoms with E-state index in [9.17, 15) is 0 Å². The summed E-state index contributed by atoms with van der Waals surface area (Å²) >= 11 is 6.00. The van der Waals surface area contributed by atoms with Gasteiger partial charge in [0.15, 0.2) is 0 Å². The van der Waals surface area contributed by atoms with Crippen LogP contribution in [0.3, 0.4) is 0 Å². The van der Waals surface area contributed by atoms with E-state index in [4.69, 9.17) is 16.3 Å². The van der Waals surface area contributed by atoms with Crippen LogP contribution in [0.15, 0.2) is 18.2 Å². The van der Waals surface area contributed by atoms with E-state index >= 15 is 0 Å². The normalized spacial score (nSPS) is 10.3. The molecule has 2 aromatic rings. The quantitative estimate of drug-likeness (QED) is 0.915. The Bertz CT molecular complexity index is 633. The standard InChI is InChI=1S/C14H18ClN5O/c1-5-16-12-17-13(20(3)4)19-14(18-12)21-10-6-7-11(15)9(2)8-10/h6-8H,5H2,1-4H3,(H,16,17,18,19). The number of benzene rings is 1. The van der Waals surface area contributed by atoms with Crippen molar-refractivity contribution in [2.45, 2.75) is 13.8 Å². The van der Waals surface area contributed by atoms with E-state index in [2.05, 4.69) is 20.3 Å². The summed E-state index contributed by atoms with van der Waals surface area (Å²) < 4.78 is 5.70. The van der Waals surface area contributed by atoms with Crippen molar-refractivity contribution in [3.63, 3.8) is 0 Å². The minimum absolute atomic E-state index is 0.242. The number of hydrogen-bond acceptors (Lipinski definition) is 6. The number of halogens is 1. The minimum Gasteiger partial charge on any atom is -0.424 e. The highest BCUT2D eigenvalue weighted by Gasteiger charge is 2.10. The third kappa shape index (κ3) is 3.95. The Morgan fingerprint density at radius 3 is 2.62 bits per heavy atom. The molecular weight excluding hydrogens is 290 g/mol. The maximum Gasteiger partial charge on any atom is 0.328 e. The molecule has 0 saturated heterocycles. The molecule has 0 radical (unpaired) electrons. The Morgan fingerprint density at radius 2 is 2.00 bits per heavy atom. The van der Waals surface area contributed by atoms with Crippen molar-refractivity contribution < 1.29 is 4.74 Å². The second-order valence-corrected chi connectivity index (χ2v) is 5.09. The number of rotatable bonds is 5. The number of anilines is 2. The van der Waals surface area contributed by atoms with Crippen molar-refractivity contribution in [3.05, 3.63) is 28.8 Å². The lowest BCUT2D eigenvalue weighted by Crippen LogP contribution is -2.15. The molecule has 0 fully saturated rings. The first-order valence-electron chi connectivity index (χ1n) is 6.61. The predicted molar refractivity (Wildman–Crippen MR) is 84.6 cm³/mol. The molecule has 0 amide bonds. The van der Waals surface area contributed by atoms with E-state index in [0.717, 1.165) is 12.1 Å². The molecule has 0 spiro atoms. The highest BCUT2D eigenvalue weighted by atomic mass is 35.5. The fourth-order valence-corrected chi connectivity index (χ4v) is 1.73. The molecule has 21 heavy (non-hydrogen) atoms. The minimum atomic E-state index is 0.242. The summed E-state index contributed by atoms with van der Waals surface area (Å²) in [4.78, 5) is 14.6. The van der Waals surface area contributed by atoms with E-state index in [1.54, 1.807) is 17.0 Å².